The van der Waals surface area contributed by atoms with E-state index in [9.17, 15) is 22.8 Å². The molecule has 2 heterocycles. The van der Waals surface area contributed by atoms with Gasteiger partial charge < -0.3 is 14.2 Å². The van der Waals surface area contributed by atoms with Crippen LogP contribution in [0, 0.1) is 0 Å². The Balaban J connectivity index is 2.13. The third-order valence-electron chi connectivity index (χ3n) is 4.27. The molecule has 164 valence electrons. The van der Waals surface area contributed by atoms with E-state index in [1.54, 1.807) is 25.1 Å². The van der Waals surface area contributed by atoms with E-state index in [1.807, 2.05) is 0 Å². The third kappa shape index (κ3) is 4.44. The highest BCUT2D eigenvalue weighted by atomic mass is 19.4. The molecule has 3 aromatic rings. The van der Waals surface area contributed by atoms with E-state index in [2.05, 4.69) is 10.1 Å². The average molecular weight is 437 g/mol. The Hall–Kier alpha value is -3.63. The molecule has 0 fully saturated rings. The largest absolute Gasteiger partial charge is 0.496 e. The minimum absolute atomic E-state index is 0.0785. The molecular weight excluding hydrogens is 419 g/mol. The highest BCUT2D eigenvalue weighted by Gasteiger charge is 2.36. The number of ether oxygens (including phenoxy) is 3. The van der Waals surface area contributed by atoms with Crippen LogP contribution in [0.2, 0.25) is 0 Å². The van der Waals surface area contributed by atoms with Gasteiger partial charge in [0.2, 0.25) is 0 Å². The van der Waals surface area contributed by atoms with Crippen LogP contribution in [0.4, 0.5) is 13.2 Å². The molecule has 31 heavy (non-hydrogen) atoms. The molecule has 0 saturated heterocycles. The van der Waals surface area contributed by atoms with Gasteiger partial charge in [0, 0.05) is 5.56 Å². The van der Waals surface area contributed by atoms with Gasteiger partial charge in [-0.25, -0.2) is 19.1 Å². The Morgan fingerprint density at radius 2 is 1.94 bits per heavy atom. The molecule has 0 aliphatic heterocycles. The minimum atomic E-state index is -4.79. The molecule has 3 rings (SSSR count). The smallest absolute Gasteiger partial charge is 0.433 e. The topological polar surface area (TPSA) is 92.0 Å². The van der Waals surface area contributed by atoms with Gasteiger partial charge in [-0.3, -0.25) is 0 Å². The van der Waals surface area contributed by atoms with Crippen molar-refractivity contribution in [2.45, 2.75) is 26.1 Å². The zero-order valence-electron chi connectivity index (χ0n) is 16.8. The molecule has 0 unspecified atom stereocenters. The predicted octanol–water partition coefficient (Wildman–Crippen LogP) is 3.53. The third-order valence-corrected chi connectivity index (χ3v) is 4.27. The Labute approximate surface area is 174 Å². The molecule has 0 saturated carbocycles. The van der Waals surface area contributed by atoms with Crippen LogP contribution < -0.4 is 4.74 Å². The van der Waals surface area contributed by atoms with Gasteiger partial charge in [0.05, 0.1) is 25.6 Å². The second-order valence-corrected chi connectivity index (χ2v) is 6.32. The average Bonchev–Trinajstić information content (AvgIpc) is 3.16. The molecule has 8 nitrogen and oxygen atoms in total. The molecule has 1 atom stereocenters. The van der Waals surface area contributed by atoms with Crippen LogP contribution >= 0.6 is 0 Å². The molecular formula is C20H18F3N3O5. The van der Waals surface area contributed by atoms with E-state index < -0.39 is 29.9 Å². The summed E-state index contributed by atoms with van der Waals surface area (Å²) in [5.74, 6) is -1.55. The van der Waals surface area contributed by atoms with E-state index in [4.69, 9.17) is 14.2 Å². The van der Waals surface area contributed by atoms with Crippen molar-refractivity contribution < 1.29 is 37.0 Å². The number of halogens is 3. The first kappa shape index (κ1) is 22.1. The lowest BCUT2D eigenvalue weighted by Gasteiger charge is -2.14. The Bertz CT molecular complexity index is 1130. The second kappa shape index (κ2) is 8.62. The maximum Gasteiger partial charge on any atom is 0.433 e. The quantitative estimate of drug-likeness (QED) is 0.545. The van der Waals surface area contributed by atoms with Crippen LogP contribution in [0.5, 0.6) is 5.75 Å². The number of hydrogen-bond acceptors (Lipinski definition) is 7. The molecule has 0 spiro atoms. The maximum atomic E-state index is 13.7. The number of aromatic nitrogens is 3. The van der Waals surface area contributed by atoms with Gasteiger partial charge in [-0.1, -0.05) is 12.1 Å². The van der Waals surface area contributed by atoms with Crippen molar-refractivity contribution >= 4 is 17.6 Å². The number of para-hydroxylation sites is 1. The van der Waals surface area contributed by atoms with Gasteiger partial charge in [0.1, 0.15) is 11.3 Å². The van der Waals surface area contributed by atoms with Crippen molar-refractivity contribution in [3.63, 3.8) is 0 Å². The van der Waals surface area contributed by atoms with Crippen LogP contribution in [0.15, 0.2) is 36.5 Å². The number of carbonyl (C=O) groups is 2. The van der Waals surface area contributed by atoms with E-state index in [0.29, 0.717) is 15.8 Å². The molecule has 0 amide bonds. The lowest BCUT2D eigenvalue weighted by molar-refractivity contribution is -0.152. The first-order chi connectivity index (χ1) is 14.7. The number of rotatable bonds is 6. The Morgan fingerprint density at radius 3 is 2.58 bits per heavy atom. The Morgan fingerprint density at radius 1 is 1.23 bits per heavy atom. The van der Waals surface area contributed by atoms with Crippen LogP contribution in [-0.2, 0) is 20.4 Å². The number of hydrogen-bond donors (Lipinski definition) is 0. The number of fused-ring (bicyclic) bond motifs is 1. The highest BCUT2D eigenvalue weighted by Crippen LogP contribution is 2.35. The molecule has 11 heteroatoms. The maximum absolute atomic E-state index is 13.7. The van der Waals surface area contributed by atoms with E-state index in [0.717, 1.165) is 12.3 Å². The summed E-state index contributed by atoms with van der Waals surface area (Å²) in [4.78, 5) is 28.5. The fourth-order valence-corrected chi connectivity index (χ4v) is 2.83. The normalized spacial score (nSPS) is 12.5. The van der Waals surface area contributed by atoms with E-state index in [-0.39, 0.29) is 23.5 Å². The predicted molar refractivity (Wildman–Crippen MR) is 101 cm³/mol. The number of carbonyl (C=O) groups excluding carboxylic acids is 2. The number of nitrogens with zero attached hydrogens (tertiary/aromatic N) is 3. The van der Waals surface area contributed by atoms with Crippen LogP contribution in [0.1, 0.15) is 29.9 Å². The van der Waals surface area contributed by atoms with E-state index >= 15 is 0 Å². The summed E-state index contributed by atoms with van der Waals surface area (Å²) in [7, 11) is 1.38. The van der Waals surface area contributed by atoms with Crippen molar-refractivity contribution in [2.24, 2.45) is 0 Å². The second-order valence-electron chi connectivity index (χ2n) is 6.32. The molecule has 0 radical (unpaired) electrons. The fraction of sp³-hybridized carbons (Fsp3) is 0.300. The van der Waals surface area contributed by atoms with E-state index in [1.165, 1.54) is 20.1 Å². The fourth-order valence-electron chi connectivity index (χ4n) is 2.83. The molecule has 2 aromatic heterocycles. The van der Waals surface area contributed by atoms with Crippen molar-refractivity contribution in [2.75, 3.05) is 13.7 Å². The molecule has 0 N–H and O–H groups in total. The summed E-state index contributed by atoms with van der Waals surface area (Å²) in [6, 6.07) is 7.19. The van der Waals surface area contributed by atoms with Crippen molar-refractivity contribution in [1.29, 1.82) is 0 Å². The molecule has 0 aliphatic rings. The first-order valence-electron chi connectivity index (χ1n) is 9.14. The first-order valence-corrected chi connectivity index (χ1v) is 9.14. The van der Waals surface area contributed by atoms with Gasteiger partial charge in [-0.05, 0) is 32.0 Å². The number of methoxy groups -OCH3 is 1. The van der Waals surface area contributed by atoms with Crippen LogP contribution in [-0.4, -0.2) is 46.4 Å². The van der Waals surface area contributed by atoms with Crippen molar-refractivity contribution in [1.82, 2.24) is 14.6 Å². The summed E-state index contributed by atoms with van der Waals surface area (Å²) < 4.78 is 56.6. The minimum Gasteiger partial charge on any atom is -0.496 e. The highest BCUT2D eigenvalue weighted by molar-refractivity contribution is 5.97. The van der Waals surface area contributed by atoms with Crippen molar-refractivity contribution in [3.05, 3.63) is 47.8 Å². The number of benzene rings is 1. The lowest BCUT2D eigenvalue weighted by Crippen LogP contribution is -2.26. The van der Waals surface area contributed by atoms with Gasteiger partial charge >= 0.3 is 18.1 Å². The molecule has 0 bridgehead atoms. The summed E-state index contributed by atoms with van der Waals surface area (Å²) in [6.07, 6.45) is -5.14. The van der Waals surface area contributed by atoms with Crippen LogP contribution in [0.25, 0.3) is 16.9 Å². The van der Waals surface area contributed by atoms with Gasteiger partial charge in [-0.15, -0.1) is 0 Å². The SMILES string of the molecule is CCOC(=O)[C@@H](C)OC(=O)c1cnn2c(C(F)(F)F)cc(-c3ccccc3OC)nc12. The zero-order valence-corrected chi connectivity index (χ0v) is 16.8. The van der Waals surface area contributed by atoms with Crippen LogP contribution in [0.3, 0.4) is 0 Å². The standard InChI is InChI=1S/C20H18F3N3O5/c1-4-30-18(27)11(2)31-19(28)13-10-24-26-16(20(21,22)23)9-14(25-17(13)26)12-7-5-6-8-15(12)29-3/h5-11H,4H2,1-3H3/t11-/m1/s1. The monoisotopic (exact) mass is 437 g/mol. The van der Waals surface area contributed by atoms with Gasteiger partial charge in [-0.2, -0.15) is 18.3 Å². The summed E-state index contributed by atoms with van der Waals surface area (Å²) in [5, 5.41) is 3.66. The summed E-state index contributed by atoms with van der Waals surface area (Å²) >= 11 is 0. The molecule has 1 aromatic carbocycles. The Kier molecular flexibility index (Phi) is 6.14. The zero-order chi connectivity index (χ0) is 22.8. The molecule has 0 aliphatic carbocycles. The van der Waals surface area contributed by atoms with Gasteiger partial charge in [0.15, 0.2) is 17.4 Å². The number of alkyl halides is 3. The lowest BCUT2D eigenvalue weighted by atomic mass is 10.1. The summed E-state index contributed by atoms with van der Waals surface area (Å²) in [6.45, 7) is 2.95. The summed E-state index contributed by atoms with van der Waals surface area (Å²) in [5.41, 5.74) is -1.64. The van der Waals surface area contributed by atoms with Crippen molar-refractivity contribution in [3.8, 4) is 17.0 Å². The number of esters is 2. The van der Waals surface area contributed by atoms with Gasteiger partial charge in [0.25, 0.3) is 0 Å².